The molecule has 88 valence electrons. The number of hydrogen-bond acceptors (Lipinski definition) is 4. The summed E-state index contributed by atoms with van der Waals surface area (Å²) in [4.78, 5) is 16.2. The molecule has 1 aromatic carbocycles. The molecule has 0 N–H and O–H groups in total. The Morgan fingerprint density at radius 1 is 1.35 bits per heavy atom. The summed E-state index contributed by atoms with van der Waals surface area (Å²) in [5, 5.41) is 0.853. The molecular formula is C13H13NO2S. The van der Waals surface area contributed by atoms with Crippen LogP contribution in [-0.2, 0) is 4.74 Å². The van der Waals surface area contributed by atoms with E-state index in [4.69, 9.17) is 0 Å². The molecule has 2 aromatic rings. The minimum atomic E-state index is -0.334. The Kier molecular flexibility index (Phi) is 3.24. The molecule has 0 amide bonds. The maximum atomic E-state index is 11.4. The third-order valence-electron chi connectivity index (χ3n) is 2.73. The molecule has 0 aliphatic carbocycles. The molecule has 0 saturated carbocycles. The van der Waals surface area contributed by atoms with Gasteiger partial charge in [-0.15, -0.1) is 11.3 Å². The van der Waals surface area contributed by atoms with Gasteiger partial charge in [-0.25, -0.2) is 9.78 Å². The number of carbonyl (C=O) groups is 1. The number of rotatable bonds is 2. The van der Waals surface area contributed by atoms with Crippen molar-refractivity contribution in [3.8, 4) is 10.6 Å². The van der Waals surface area contributed by atoms with Crippen LogP contribution in [0.3, 0.4) is 0 Å². The van der Waals surface area contributed by atoms with Gasteiger partial charge >= 0.3 is 5.97 Å². The standard InChI is InChI=1S/C13H13NO2S/c1-8-5-4-6-10(9(8)2)12-14-7-11(17-12)13(15)16-3/h4-7H,1-3H3. The summed E-state index contributed by atoms with van der Waals surface area (Å²) in [7, 11) is 1.37. The third-order valence-corrected chi connectivity index (χ3v) is 3.74. The second-order valence-corrected chi connectivity index (χ2v) is 4.80. The van der Waals surface area contributed by atoms with Gasteiger partial charge in [0.05, 0.1) is 13.3 Å². The molecule has 17 heavy (non-hydrogen) atoms. The highest BCUT2D eigenvalue weighted by molar-refractivity contribution is 7.16. The van der Waals surface area contributed by atoms with Gasteiger partial charge in [-0.05, 0) is 25.0 Å². The highest BCUT2D eigenvalue weighted by Gasteiger charge is 2.13. The van der Waals surface area contributed by atoms with E-state index < -0.39 is 0 Å². The fourth-order valence-corrected chi connectivity index (χ4v) is 2.49. The molecule has 1 heterocycles. The molecule has 0 unspecified atom stereocenters. The first-order chi connectivity index (χ1) is 8.13. The fourth-order valence-electron chi connectivity index (χ4n) is 1.58. The summed E-state index contributed by atoms with van der Waals surface area (Å²) in [6, 6.07) is 6.08. The monoisotopic (exact) mass is 247 g/mol. The summed E-state index contributed by atoms with van der Waals surface area (Å²) in [6.45, 7) is 4.12. The van der Waals surface area contributed by atoms with Crippen molar-refractivity contribution < 1.29 is 9.53 Å². The minimum Gasteiger partial charge on any atom is -0.465 e. The molecule has 0 spiro atoms. The minimum absolute atomic E-state index is 0.334. The normalized spacial score (nSPS) is 10.3. The van der Waals surface area contributed by atoms with Crippen molar-refractivity contribution in [2.24, 2.45) is 0 Å². The van der Waals surface area contributed by atoms with Crippen molar-refractivity contribution in [2.45, 2.75) is 13.8 Å². The van der Waals surface area contributed by atoms with E-state index in [0.717, 1.165) is 10.6 Å². The highest BCUT2D eigenvalue weighted by Crippen LogP contribution is 2.29. The summed E-state index contributed by atoms with van der Waals surface area (Å²) in [5.74, 6) is -0.334. The van der Waals surface area contributed by atoms with E-state index in [0.29, 0.717) is 4.88 Å². The molecule has 1 aromatic heterocycles. The Morgan fingerprint density at radius 3 is 2.82 bits per heavy atom. The van der Waals surface area contributed by atoms with Crippen molar-refractivity contribution in [3.63, 3.8) is 0 Å². The molecule has 0 bridgehead atoms. The fraction of sp³-hybridized carbons (Fsp3) is 0.231. The number of aryl methyl sites for hydroxylation is 1. The van der Waals surface area contributed by atoms with Crippen molar-refractivity contribution >= 4 is 17.3 Å². The first kappa shape index (κ1) is 11.8. The lowest BCUT2D eigenvalue weighted by Crippen LogP contribution is -1.96. The number of methoxy groups -OCH3 is 1. The molecule has 0 aliphatic rings. The predicted octanol–water partition coefficient (Wildman–Crippen LogP) is 3.21. The lowest BCUT2D eigenvalue weighted by Gasteiger charge is -2.04. The van der Waals surface area contributed by atoms with Crippen LogP contribution in [0.4, 0.5) is 0 Å². The molecule has 0 fully saturated rings. The van der Waals surface area contributed by atoms with Crippen LogP contribution in [0.5, 0.6) is 0 Å². The summed E-state index contributed by atoms with van der Waals surface area (Å²) >= 11 is 1.36. The maximum absolute atomic E-state index is 11.4. The van der Waals surface area contributed by atoms with E-state index >= 15 is 0 Å². The van der Waals surface area contributed by atoms with Gasteiger partial charge in [0.1, 0.15) is 9.88 Å². The van der Waals surface area contributed by atoms with E-state index in [2.05, 4.69) is 29.6 Å². The second kappa shape index (κ2) is 4.67. The van der Waals surface area contributed by atoms with Gasteiger partial charge in [0.15, 0.2) is 0 Å². The molecule has 4 heteroatoms. The first-order valence-electron chi connectivity index (χ1n) is 5.24. The lowest BCUT2D eigenvalue weighted by molar-refractivity contribution is 0.0606. The molecular weight excluding hydrogens is 234 g/mol. The van der Waals surface area contributed by atoms with Crippen molar-refractivity contribution in [1.82, 2.24) is 4.98 Å². The number of benzene rings is 1. The lowest BCUT2D eigenvalue weighted by atomic mass is 10.0. The van der Waals surface area contributed by atoms with Gasteiger partial charge < -0.3 is 4.74 Å². The van der Waals surface area contributed by atoms with Gasteiger partial charge in [0.25, 0.3) is 0 Å². The van der Waals surface area contributed by atoms with Gasteiger partial charge in [-0.2, -0.15) is 0 Å². The van der Waals surface area contributed by atoms with Crippen LogP contribution < -0.4 is 0 Å². The van der Waals surface area contributed by atoms with E-state index in [1.165, 1.54) is 29.6 Å². The van der Waals surface area contributed by atoms with Crippen LogP contribution in [0.15, 0.2) is 24.4 Å². The van der Waals surface area contributed by atoms with E-state index in [1.54, 1.807) is 6.20 Å². The van der Waals surface area contributed by atoms with Crippen molar-refractivity contribution in [1.29, 1.82) is 0 Å². The number of carbonyl (C=O) groups excluding carboxylic acids is 1. The second-order valence-electron chi connectivity index (χ2n) is 3.77. The summed E-state index contributed by atoms with van der Waals surface area (Å²) in [6.07, 6.45) is 1.56. The smallest absolute Gasteiger partial charge is 0.349 e. The molecule has 0 atom stereocenters. The Bertz CT molecular complexity index is 560. The molecule has 0 saturated heterocycles. The maximum Gasteiger partial charge on any atom is 0.349 e. The summed E-state index contributed by atoms with van der Waals surface area (Å²) < 4.78 is 4.67. The van der Waals surface area contributed by atoms with Gasteiger partial charge in [-0.3, -0.25) is 0 Å². The van der Waals surface area contributed by atoms with Crippen molar-refractivity contribution in [3.05, 3.63) is 40.4 Å². The quantitative estimate of drug-likeness (QED) is 0.765. The van der Waals surface area contributed by atoms with Gasteiger partial charge in [0, 0.05) is 5.56 Å². The van der Waals surface area contributed by atoms with Crippen LogP contribution >= 0.6 is 11.3 Å². The highest BCUT2D eigenvalue weighted by atomic mass is 32.1. The predicted molar refractivity (Wildman–Crippen MR) is 68.4 cm³/mol. The van der Waals surface area contributed by atoms with Crippen LogP contribution in [0.1, 0.15) is 20.8 Å². The zero-order valence-electron chi connectivity index (χ0n) is 9.98. The average Bonchev–Trinajstić information content (AvgIpc) is 2.81. The number of ether oxygens (including phenoxy) is 1. The Hall–Kier alpha value is -1.68. The Morgan fingerprint density at radius 2 is 2.12 bits per heavy atom. The zero-order valence-corrected chi connectivity index (χ0v) is 10.8. The third kappa shape index (κ3) is 2.22. The topological polar surface area (TPSA) is 39.2 Å². The van der Waals surface area contributed by atoms with Gasteiger partial charge in [-0.1, -0.05) is 18.2 Å². The Labute approximate surface area is 104 Å². The molecule has 2 rings (SSSR count). The Balaban J connectivity index is 2.44. The molecule has 0 radical (unpaired) electrons. The van der Waals surface area contributed by atoms with Crippen LogP contribution in [0.25, 0.3) is 10.6 Å². The first-order valence-corrected chi connectivity index (χ1v) is 6.06. The van der Waals surface area contributed by atoms with E-state index in [-0.39, 0.29) is 5.97 Å². The number of hydrogen-bond donors (Lipinski definition) is 0. The van der Waals surface area contributed by atoms with Crippen LogP contribution in [0.2, 0.25) is 0 Å². The average molecular weight is 247 g/mol. The molecule has 3 nitrogen and oxygen atoms in total. The number of nitrogens with zero attached hydrogens (tertiary/aromatic N) is 1. The SMILES string of the molecule is COC(=O)c1cnc(-c2cccc(C)c2C)s1. The number of esters is 1. The zero-order chi connectivity index (χ0) is 12.4. The van der Waals surface area contributed by atoms with Crippen LogP contribution in [0, 0.1) is 13.8 Å². The largest absolute Gasteiger partial charge is 0.465 e. The number of aromatic nitrogens is 1. The molecule has 0 aliphatic heterocycles. The van der Waals surface area contributed by atoms with Crippen molar-refractivity contribution in [2.75, 3.05) is 7.11 Å². The van der Waals surface area contributed by atoms with Gasteiger partial charge in [0.2, 0.25) is 0 Å². The van der Waals surface area contributed by atoms with E-state index in [1.807, 2.05) is 12.1 Å². The van der Waals surface area contributed by atoms with Crippen LogP contribution in [-0.4, -0.2) is 18.1 Å². The van der Waals surface area contributed by atoms with E-state index in [9.17, 15) is 4.79 Å². The summed E-state index contributed by atoms with van der Waals surface area (Å²) in [5.41, 5.74) is 3.49. The number of thiazole rings is 1.